The molecule has 0 aliphatic heterocycles. The highest BCUT2D eigenvalue weighted by atomic mass is 16.4. The number of hydrogen-bond acceptors (Lipinski definition) is 2. The van der Waals surface area contributed by atoms with Gasteiger partial charge in [-0.25, -0.2) is 4.79 Å². The average molecular weight is 257 g/mol. The predicted molar refractivity (Wildman–Crippen MR) is 72.9 cm³/mol. The summed E-state index contributed by atoms with van der Waals surface area (Å²) in [6, 6.07) is 3.88. The summed E-state index contributed by atoms with van der Waals surface area (Å²) in [7, 11) is 0. The summed E-state index contributed by atoms with van der Waals surface area (Å²) in [6.45, 7) is 0. The lowest BCUT2D eigenvalue weighted by Crippen LogP contribution is -2.34. The van der Waals surface area contributed by atoms with Crippen molar-refractivity contribution in [2.75, 3.05) is 0 Å². The zero-order valence-electron chi connectivity index (χ0n) is 10.4. The highest BCUT2D eigenvalue weighted by Gasteiger charge is 2.20. The fourth-order valence-corrected chi connectivity index (χ4v) is 2.63. The van der Waals surface area contributed by atoms with Gasteiger partial charge in [0.05, 0.1) is 11.0 Å². The molecule has 0 aromatic carbocycles. The van der Waals surface area contributed by atoms with E-state index in [1.807, 2.05) is 18.3 Å². The molecule has 0 saturated heterocycles. The molecule has 2 aromatic heterocycles. The maximum atomic E-state index is 10.7. The van der Waals surface area contributed by atoms with Crippen molar-refractivity contribution in [1.29, 1.82) is 0 Å². The van der Waals surface area contributed by atoms with E-state index in [2.05, 4.69) is 21.4 Å². The number of nitrogens with zero attached hydrogens (tertiary/aromatic N) is 1. The Balaban J connectivity index is 1.89. The highest BCUT2D eigenvalue weighted by molar-refractivity contribution is 5.89. The molecule has 5 heteroatoms. The number of carbonyl (C=O) groups is 1. The minimum Gasteiger partial charge on any atom is -0.465 e. The van der Waals surface area contributed by atoms with Crippen molar-refractivity contribution in [2.24, 2.45) is 0 Å². The summed E-state index contributed by atoms with van der Waals surface area (Å²) in [5, 5.41) is 11.4. The van der Waals surface area contributed by atoms with E-state index < -0.39 is 6.09 Å². The van der Waals surface area contributed by atoms with Gasteiger partial charge in [-0.1, -0.05) is 6.08 Å². The van der Waals surface area contributed by atoms with E-state index in [1.54, 1.807) is 6.20 Å². The van der Waals surface area contributed by atoms with Crippen LogP contribution < -0.4 is 5.32 Å². The van der Waals surface area contributed by atoms with E-state index in [4.69, 9.17) is 5.11 Å². The number of aromatic amines is 1. The molecule has 2 heterocycles. The molecule has 19 heavy (non-hydrogen) atoms. The Labute approximate surface area is 110 Å². The Hall–Kier alpha value is -2.30. The van der Waals surface area contributed by atoms with Gasteiger partial charge in [0.25, 0.3) is 0 Å². The monoisotopic (exact) mass is 257 g/mol. The third-order valence-electron chi connectivity index (χ3n) is 3.48. The number of fused-ring (bicyclic) bond motifs is 1. The molecular weight excluding hydrogens is 242 g/mol. The lowest BCUT2D eigenvalue weighted by atomic mass is 9.91. The van der Waals surface area contributed by atoms with Gasteiger partial charge in [0.1, 0.15) is 0 Å². The summed E-state index contributed by atoms with van der Waals surface area (Å²) in [4.78, 5) is 18.3. The van der Waals surface area contributed by atoms with Gasteiger partial charge in [-0.3, -0.25) is 4.98 Å². The Morgan fingerprint density at radius 2 is 2.42 bits per heavy atom. The molecule has 3 rings (SSSR count). The Kier molecular flexibility index (Phi) is 2.95. The first kappa shape index (κ1) is 11.8. The molecule has 0 fully saturated rings. The lowest BCUT2D eigenvalue weighted by molar-refractivity contribution is 0.189. The van der Waals surface area contributed by atoms with Gasteiger partial charge >= 0.3 is 6.09 Å². The summed E-state index contributed by atoms with van der Waals surface area (Å²) >= 11 is 0. The van der Waals surface area contributed by atoms with Crippen LogP contribution in [-0.4, -0.2) is 27.2 Å². The van der Waals surface area contributed by atoms with E-state index in [0.717, 1.165) is 41.4 Å². The van der Waals surface area contributed by atoms with Gasteiger partial charge in [0.15, 0.2) is 0 Å². The van der Waals surface area contributed by atoms with Crippen LogP contribution in [0.5, 0.6) is 0 Å². The maximum absolute atomic E-state index is 10.7. The van der Waals surface area contributed by atoms with E-state index in [-0.39, 0.29) is 6.04 Å². The van der Waals surface area contributed by atoms with Crippen LogP contribution >= 0.6 is 0 Å². The van der Waals surface area contributed by atoms with Gasteiger partial charge < -0.3 is 15.4 Å². The Morgan fingerprint density at radius 1 is 1.53 bits per heavy atom. The minimum atomic E-state index is -0.955. The summed E-state index contributed by atoms with van der Waals surface area (Å²) in [6.07, 6.45) is 7.41. The zero-order valence-corrected chi connectivity index (χ0v) is 10.4. The molecule has 1 unspecified atom stereocenters. The number of rotatable bonds is 2. The number of hydrogen-bond donors (Lipinski definition) is 3. The second-order valence-electron chi connectivity index (χ2n) is 4.76. The van der Waals surface area contributed by atoms with Crippen molar-refractivity contribution in [2.45, 2.75) is 25.3 Å². The second-order valence-corrected chi connectivity index (χ2v) is 4.76. The minimum absolute atomic E-state index is 0.00818. The third kappa shape index (κ3) is 2.31. The predicted octanol–water partition coefficient (Wildman–Crippen LogP) is 2.77. The third-order valence-corrected chi connectivity index (χ3v) is 3.48. The van der Waals surface area contributed by atoms with Crippen molar-refractivity contribution in [3.8, 4) is 0 Å². The molecule has 98 valence electrons. The quantitative estimate of drug-likeness (QED) is 0.774. The first-order chi connectivity index (χ1) is 9.24. The smallest absolute Gasteiger partial charge is 0.404 e. The number of carboxylic acid groups (broad SMARTS) is 1. The normalized spacial score (nSPS) is 19.2. The molecule has 0 radical (unpaired) electrons. The zero-order chi connectivity index (χ0) is 13.2. The van der Waals surface area contributed by atoms with Crippen LogP contribution in [0.4, 0.5) is 4.79 Å². The molecule has 1 aliphatic carbocycles. The van der Waals surface area contributed by atoms with Crippen LogP contribution in [0.3, 0.4) is 0 Å². The Morgan fingerprint density at radius 3 is 3.26 bits per heavy atom. The van der Waals surface area contributed by atoms with Crippen molar-refractivity contribution < 1.29 is 9.90 Å². The van der Waals surface area contributed by atoms with Gasteiger partial charge in [0, 0.05) is 24.0 Å². The fourth-order valence-electron chi connectivity index (χ4n) is 2.63. The fraction of sp³-hybridized carbons (Fsp3) is 0.286. The van der Waals surface area contributed by atoms with Crippen LogP contribution in [0.15, 0.2) is 30.6 Å². The molecule has 5 nitrogen and oxygen atoms in total. The number of aromatic nitrogens is 2. The van der Waals surface area contributed by atoms with E-state index in [1.165, 1.54) is 0 Å². The van der Waals surface area contributed by atoms with Crippen LogP contribution in [0, 0.1) is 0 Å². The Bertz CT molecular complexity index is 645. The first-order valence-corrected chi connectivity index (χ1v) is 6.35. The van der Waals surface area contributed by atoms with E-state index in [0.29, 0.717) is 0 Å². The molecular formula is C14H15N3O2. The standard InChI is InChI=1S/C14H15N3O2/c18-14(19)17-10-4-1-3-9(7-10)11-8-16-12-5-2-6-15-13(11)12/h2-3,5-6,8,10,16-17H,1,4,7H2,(H,18,19). The van der Waals surface area contributed by atoms with Crippen molar-refractivity contribution >= 4 is 22.7 Å². The van der Waals surface area contributed by atoms with E-state index >= 15 is 0 Å². The summed E-state index contributed by atoms with van der Waals surface area (Å²) < 4.78 is 0. The van der Waals surface area contributed by atoms with Gasteiger partial charge in [-0.05, 0) is 37.0 Å². The SMILES string of the molecule is O=C(O)NC1CCC=C(c2c[nH]c3cccnc23)C1. The molecule has 0 bridgehead atoms. The molecule has 0 spiro atoms. The summed E-state index contributed by atoms with van der Waals surface area (Å²) in [5.74, 6) is 0. The number of amides is 1. The summed E-state index contributed by atoms with van der Waals surface area (Å²) in [5.41, 5.74) is 4.19. The maximum Gasteiger partial charge on any atom is 0.404 e. The van der Waals surface area contributed by atoms with E-state index in [9.17, 15) is 4.79 Å². The van der Waals surface area contributed by atoms with Crippen LogP contribution in [0.1, 0.15) is 24.8 Å². The largest absolute Gasteiger partial charge is 0.465 e. The first-order valence-electron chi connectivity index (χ1n) is 6.35. The van der Waals surface area contributed by atoms with Crippen molar-refractivity contribution in [3.05, 3.63) is 36.2 Å². The molecule has 1 aliphatic rings. The molecule has 0 saturated carbocycles. The van der Waals surface area contributed by atoms with Gasteiger partial charge in [-0.2, -0.15) is 0 Å². The molecule has 1 amide bonds. The number of pyridine rings is 1. The van der Waals surface area contributed by atoms with Crippen LogP contribution in [0.2, 0.25) is 0 Å². The number of allylic oxidation sites excluding steroid dienone is 1. The van der Waals surface area contributed by atoms with Gasteiger partial charge in [-0.15, -0.1) is 0 Å². The number of nitrogens with one attached hydrogen (secondary N) is 2. The molecule has 1 atom stereocenters. The second kappa shape index (κ2) is 4.76. The topological polar surface area (TPSA) is 78.0 Å². The van der Waals surface area contributed by atoms with Crippen molar-refractivity contribution in [1.82, 2.24) is 15.3 Å². The highest BCUT2D eigenvalue weighted by Crippen LogP contribution is 2.30. The average Bonchev–Trinajstić information content (AvgIpc) is 2.82. The molecule has 2 aromatic rings. The van der Waals surface area contributed by atoms with Gasteiger partial charge in [0.2, 0.25) is 0 Å². The van der Waals surface area contributed by atoms with Crippen LogP contribution in [-0.2, 0) is 0 Å². The molecule has 3 N–H and O–H groups in total. The van der Waals surface area contributed by atoms with Crippen molar-refractivity contribution in [3.63, 3.8) is 0 Å². The lowest BCUT2D eigenvalue weighted by Gasteiger charge is -2.22. The number of H-pyrrole nitrogens is 1. The van der Waals surface area contributed by atoms with Crippen LogP contribution in [0.25, 0.3) is 16.6 Å².